The zero-order valence-electron chi connectivity index (χ0n) is 8.80. The SMILES string of the molecule is CCn1ncnc1Cn1cccc1CN. The van der Waals surface area contributed by atoms with Crippen LogP contribution in [0.3, 0.4) is 0 Å². The zero-order valence-corrected chi connectivity index (χ0v) is 8.80. The Hall–Kier alpha value is -1.62. The average Bonchev–Trinajstić information content (AvgIpc) is 2.87. The Balaban J connectivity index is 2.21. The largest absolute Gasteiger partial charge is 0.343 e. The lowest BCUT2D eigenvalue weighted by Crippen LogP contribution is -2.12. The van der Waals surface area contributed by atoms with Crippen LogP contribution in [0, 0.1) is 0 Å². The van der Waals surface area contributed by atoms with Gasteiger partial charge in [0.1, 0.15) is 12.2 Å². The van der Waals surface area contributed by atoms with Crippen molar-refractivity contribution in [2.24, 2.45) is 5.73 Å². The Morgan fingerprint density at radius 1 is 1.47 bits per heavy atom. The number of nitrogens with two attached hydrogens (primary N) is 1. The standard InChI is InChI=1S/C10H15N5/c1-2-15-10(12-8-13-15)7-14-5-3-4-9(14)6-11/h3-5,8H,2,6-7,11H2,1H3. The minimum Gasteiger partial charge on any atom is -0.343 e. The maximum Gasteiger partial charge on any atom is 0.146 e. The van der Waals surface area contributed by atoms with E-state index in [-0.39, 0.29) is 0 Å². The summed E-state index contributed by atoms with van der Waals surface area (Å²) in [5.41, 5.74) is 6.74. The minimum absolute atomic E-state index is 0.549. The highest BCUT2D eigenvalue weighted by Gasteiger charge is 2.05. The molecule has 0 aromatic carbocycles. The molecule has 0 fully saturated rings. The smallest absolute Gasteiger partial charge is 0.146 e. The van der Waals surface area contributed by atoms with Gasteiger partial charge in [-0.2, -0.15) is 5.10 Å². The van der Waals surface area contributed by atoms with E-state index in [9.17, 15) is 0 Å². The third-order valence-corrected chi connectivity index (χ3v) is 2.44. The molecule has 0 saturated carbocycles. The van der Waals surface area contributed by atoms with Gasteiger partial charge in [0.2, 0.25) is 0 Å². The second-order valence-electron chi connectivity index (χ2n) is 3.32. The molecule has 15 heavy (non-hydrogen) atoms. The molecule has 0 amide bonds. The van der Waals surface area contributed by atoms with Crippen molar-refractivity contribution < 1.29 is 0 Å². The van der Waals surface area contributed by atoms with Crippen LogP contribution in [0.15, 0.2) is 24.7 Å². The van der Waals surface area contributed by atoms with Crippen molar-refractivity contribution in [3.63, 3.8) is 0 Å². The van der Waals surface area contributed by atoms with Crippen LogP contribution in [0.1, 0.15) is 18.4 Å². The normalized spacial score (nSPS) is 10.8. The maximum absolute atomic E-state index is 5.63. The highest BCUT2D eigenvalue weighted by molar-refractivity contribution is 5.08. The lowest BCUT2D eigenvalue weighted by atomic mass is 10.4. The van der Waals surface area contributed by atoms with Gasteiger partial charge in [-0.15, -0.1) is 0 Å². The average molecular weight is 205 g/mol. The Bertz CT molecular complexity index is 388. The van der Waals surface area contributed by atoms with E-state index in [1.807, 2.05) is 23.0 Å². The fraction of sp³-hybridized carbons (Fsp3) is 0.400. The highest BCUT2D eigenvalue weighted by atomic mass is 15.3. The van der Waals surface area contributed by atoms with Crippen LogP contribution in [0.5, 0.6) is 0 Å². The van der Waals surface area contributed by atoms with Gasteiger partial charge in [0, 0.05) is 25.0 Å². The van der Waals surface area contributed by atoms with Crippen molar-refractivity contribution in [1.29, 1.82) is 0 Å². The van der Waals surface area contributed by atoms with Crippen LogP contribution >= 0.6 is 0 Å². The number of aryl methyl sites for hydroxylation is 1. The fourth-order valence-corrected chi connectivity index (χ4v) is 1.62. The van der Waals surface area contributed by atoms with E-state index in [1.165, 1.54) is 0 Å². The predicted molar refractivity (Wildman–Crippen MR) is 57.1 cm³/mol. The van der Waals surface area contributed by atoms with E-state index < -0.39 is 0 Å². The summed E-state index contributed by atoms with van der Waals surface area (Å²) in [6.07, 6.45) is 3.60. The van der Waals surface area contributed by atoms with Gasteiger partial charge < -0.3 is 10.3 Å². The van der Waals surface area contributed by atoms with Crippen molar-refractivity contribution in [3.8, 4) is 0 Å². The molecule has 2 rings (SSSR count). The maximum atomic E-state index is 5.63. The first-order valence-corrected chi connectivity index (χ1v) is 5.06. The van der Waals surface area contributed by atoms with Crippen LogP contribution in [0.2, 0.25) is 0 Å². The summed E-state index contributed by atoms with van der Waals surface area (Å²) in [5, 5.41) is 4.13. The molecule has 2 aromatic rings. The van der Waals surface area contributed by atoms with Gasteiger partial charge in [-0.3, -0.25) is 0 Å². The monoisotopic (exact) mass is 205 g/mol. The molecule has 0 saturated heterocycles. The third kappa shape index (κ3) is 1.92. The molecule has 0 aliphatic carbocycles. The van der Waals surface area contributed by atoms with Gasteiger partial charge in [-0.05, 0) is 19.1 Å². The molecule has 0 aliphatic heterocycles. The molecule has 5 heteroatoms. The van der Waals surface area contributed by atoms with Crippen molar-refractivity contribution in [1.82, 2.24) is 19.3 Å². The van der Waals surface area contributed by atoms with Gasteiger partial charge >= 0.3 is 0 Å². The Morgan fingerprint density at radius 2 is 2.33 bits per heavy atom. The van der Waals surface area contributed by atoms with E-state index in [0.29, 0.717) is 6.54 Å². The molecule has 5 nitrogen and oxygen atoms in total. The van der Waals surface area contributed by atoms with Crippen LogP contribution < -0.4 is 5.73 Å². The third-order valence-electron chi connectivity index (χ3n) is 2.44. The van der Waals surface area contributed by atoms with Crippen LogP contribution in [-0.2, 0) is 19.6 Å². The molecule has 2 aromatic heterocycles. The molecule has 0 radical (unpaired) electrons. The molecule has 0 atom stereocenters. The van der Waals surface area contributed by atoms with E-state index in [4.69, 9.17) is 5.73 Å². The fourth-order valence-electron chi connectivity index (χ4n) is 1.62. The zero-order chi connectivity index (χ0) is 10.7. The Labute approximate surface area is 88.5 Å². The van der Waals surface area contributed by atoms with E-state index in [1.54, 1.807) is 6.33 Å². The van der Waals surface area contributed by atoms with Crippen LogP contribution in [-0.4, -0.2) is 19.3 Å². The van der Waals surface area contributed by atoms with Crippen molar-refractivity contribution in [2.75, 3.05) is 0 Å². The highest BCUT2D eigenvalue weighted by Crippen LogP contribution is 2.05. The number of hydrogen-bond acceptors (Lipinski definition) is 3. The van der Waals surface area contributed by atoms with Gasteiger partial charge in [0.25, 0.3) is 0 Å². The predicted octanol–water partition coefficient (Wildman–Crippen LogP) is 0.606. The Kier molecular flexibility index (Phi) is 2.82. The van der Waals surface area contributed by atoms with Gasteiger partial charge in [0.15, 0.2) is 0 Å². The lowest BCUT2D eigenvalue weighted by Gasteiger charge is -2.07. The van der Waals surface area contributed by atoms with E-state index in [2.05, 4.69) is 21.6 Å². The summed E-state index contributed by atoms with van der Waals surface area (Å²) >= 11 is 0. The first-order chi connectivity index (χ1) is 7.35. The van der Waals surface area contributed by atoms with Gasteiger partial charge in [-0.1, -0.05) is 0 Å². The number of hydrogen-bond donors (Lipinski definition) is 1. The molecule has 0 aliphatic rings. The number of nitrogens with zero attached hydrogens (tertiary/aromatic N) is 4. The molecule has 0 spiro atoms. The molecular weight excluding hydrogens is 190 g/mol. The second kappa shape index (κ2) is 4.27. The Morgan fingerprint density at radius 3 is 3.07 bits per heavy atom. The molecule has 0 bridgehead atoms. The molecule has 2 N–H and O–H groups in total. The minimum atomic E-state index is 0.549. The van der Waals surface area contributed by atoms with Crippen molar-refractivity contribution in [2.45, 2.75) is 26.6 Å². The molecular formula is C10H15N5. The van der Waals surface area contributed by atoms with Crippen molar-refractivity contribution >= 4 is 0 Å². The van der Waals surface area contributed by atoms with Crippen LogP contribution in [0.4, 0.5) is 0 Å². The first kappa shape index (κ1) is 9.92. The quantitative estimate of drug-likeness (QED) is 0.795. The van der Waals surface area contributed by atoms with E-state index >= 15 is 0 Å². The summed E-state index contributed by atoms with van der Waals surface area (Å²) in [6.45, 7) is 4.17. The topological polar surface area (TPSA) is 61.7 Å². The molecule has 2 heterocycles. The summed E-state index contributed by atoms with van der Waals surface area (Å²) in [7, 11) is 0. The van der Waals surface area contributed by atoms with Crippen LogP contribution in [0.25, 0.3) is 0 Å². The van der Waals surface area contributed by atoms with Gasteiger partial charge in [-0.25, -0.2) is 9.67 Å². The van der Waals surface area contributed by atoms with Crippen molar-refractivity contribution in [3.05, 3.63) is 36.2 Å². The summed E-state index contributed by atoms with van der Waals surface area (Å²) in [6, 6.07) is 4.02. The second-order valence-corrected chi connectivity index (χ2v) is 3.32. The number of aromatic nitrogens is 4. The number of rotatable bonds is 4. The lowest BCUT2D eigenvalue weighted by molar-refractivity contribution is 0.585. The van der Waals surface area contributed by atoms with Gasteiger partial charge in [0.05, 0.1) is 6.54 Å². The summed E-state index contributed by atoms with van der Waals surface area (Å²) in [4.78, 5) is 4.23. The first-order valence-electron chi connectivity index (χ1n) is 5.06. The summed E-state index contributed by atoms with van der Waals surface area (Å²) < 4.78 is 3.98. The molecule has 80 valence electrons. The molecule has 0 unspecified atom stereocenters. The summed E-state index contributed by atoms with van der Waals surface area (Å²) in [5.74, 6) is 0.961. The van der Waals surface area contributed by atoms with E-state index in [0.717, 1.165) is 24.6 Å².